The molecule has 0 aromatic carbocycles. The average molecular weight is 629 g/mol. The van der Waals surface area contributed by atoms with Gasteiger partial charge < -0.3 is 13.8 Å². The first kappa shape index (κ1) is 42.4. The second-order valence-corrected chi connectivity index (χ2v) is 14.4. The number of ether oxygens (including phenoxy) is 1. The van der Waals surface area contributed by atoms with Crippen molar-refractivity contribution in [1.29, 1.82) is 0 Å². The summed E-state index contributed by atoms with van der Waals surface area (Å²) in [6.07, 6.45) is 37.4. The summed E-state index contributed by atoms with van der Waals surface area (Å²) >= 11 is 0. The van der Waals surface area contributed by atoms with E-state index in [1.165, 1.54) is 166 Å². The first-order valence-electron chi connectivity index (χ1n) is 18.8. The molecular formula is C37H73O5P. The number of hydrogen-bond acceptors (Lipinski definition) is 5. The van der Waals surface area contributed by atoms with E-state index >= 15 is 0 Å². The minimum Gasteiger partial charge on any atom is -0.463 e. The SMILES string of the molecule is CCCCCCCCCCCCCCCCOP(=O)(/C=C/C(=O)OCC)OCCCCCCCCCCCCCCCC. The van der Waals surface area contributed by atoms with Crippen molar-refractivity contribution >= 4 is 13.6 Å². The minimum absolute atomic E-state index is 0.285. The van der Waals surface area contributed by atoms with Gasteiger partial charge in [0.05, 0.1) is 19.8 Å². The molecule has 0 aliphatic carbocycles. The quantitative estimate of drug-likeness (QED) is 0.0302. The highest BCUT2D eigenvalue weighted by Crippen LogP contribution is 2.50. The molecule has 0 radical (unpaired) electrons. The lowest BCUT2D eigenvalue weighted by molar-refractivity contribution is -0.137. The van der Waals surface area contributed by atoms with Crippen molar-refractivity contribution in [3.05, 3.63) is 11.9 Å². The van der Waals surface area contributed by atoms with E-state index in [-0.39, 0.29) is 6.61 Å². The van der Waals surface area contributed by atoms with E-state index in [1.54, 1.807) is 6.92 Å². The van der Waals surface area contributed by atoms with Gasteiger partial charge in [-0.25, -0.2) is 4.79 Å². The highest BCUT2D eigenvalue weighted by molar-refractivity contribution is 7.57. The molecule has 0 aliphatic rings. The van der Waals surface area contributed by atoms with E-state index in [9.17, 15) is 9.36 Å². The number of carbonyl (C=O) groups is 1. The molecule has 0 atom stereocenters. The first-order chi connectivity index (χ1) is 21.1. The van der Waals surface area contributed by atoms with Crippen LogP contribution in [0, 0.1) is 0 Å². The number of carbonyl (C=O) groups excluding carboxylic acids is 1. The molecule has 0 spiro atoms. The Balaban J connectivity index is 3.93. The Bertz CT molecular complexity index is 613. The molecule has 0 fully saturated rings. The molecule has 0 unspecified atom stereocenters. The second kappa shape index (κ2) is 34.2. The van der Waals surface area contributed by atoms with Crippen LogP contribution in [-0.2, 0) is 23.1 Å². The first-order valence-corrected chi connectivity index (χ1v) is 20.4. The van der Waals surface area contributed by atoms with Gasteiger partial charge in [0, 0.05) is 11.9 Å². The Morgan fingerprint density at radius 3 is 1.02 bits per heavy atom. The predicted molar refractivity (Wildman–Crippen MR) is 186 cm³/mol. The third-order valence-corrected chi connectivity index (χ3v) is 9.82. The van der Waals surface area contributed by atoms with Crippen molar-refractivity contribution in [2.75, 3.05) is 19.8 Å². The summed E-state index contributed by atoms with van der Waals surface area (Å²) in [5.74, 6) is 0.779. The van der Waals surface area contributed by atoms with Crippen molar-refractivity contribution in [1.82, 2.24) is 0 Å². The molecule has 0 aliphatic heterocycles. The lowest BCUT2D eigenvalue weighted by atomic mass is 10.0. The Kier molecular flexibility index (Phi) is 33.7. The topological polar surface area (TPSA) is 61.8 Å². The van der Waals surface area contributed by atoms with Gasteiger partial charge in [-0.2, -0.15) is 0 Å². The zero-order valence-electron chi connectivity index (χ0n) is 29.1. The van der Waals surface area contributed by atoms with Gasteiger partial charge in [-0.05, 0) is 19.8 Å². The molecule has 0 saturated heterocycles. The van der Waals surface area contributed by atoms with Crippen LogP contribution >= 0.6 is 7.60 Å². The van der Waals surface area contributed by atoms with Crippen LogP contribution in [0.5, 0.6) is 0 Å². The molecule has 0 amide bonds. The van der Waals surface area contributed by atoms with Crippen molar-refractivity contribution in [2.45, 2.75) is 201 Å². The fourth-order valence-corrected chi connectivity index (χ4v) is 6.76. The van der Waals surface area contributed by atoms with Gasteiger partial charge in [0.1, 0.15) is 0 Å². The molecule has 0 saturated carbocycles. The third kappa shape index (κ3) is 32.6. The summed E-state index contributed by atoms with van der Waals surface area (Å²) < 4.78 is 29.6. The normalized spacial score (nSPS) is 12.0. The predicted octanol–water partition coefficient (Wildman–Crippen LogP) is 13.3. The molecule has 0 bridgehead atoms. The zero-order chi connectivity index (χ0) is 31.5. The summed E-state index contributed by atoms with van der Waals surface area (Å²) in [4.78, 5) is 11.8. The van der Waals surface area contributed by atoms with Gasteiger partial charge in [-0.3, -0.25) is 4.57 Å². The molecule has 43 heavy (non-hydrogen) atoms. The van der Waals surface area contributed by atoms with Crippen molar-refractivity contribution in [2.24, 2.45) is 0 Å². The fraction of sp³-hybridized carbons (Fsp3) is 0.919. The van der Waals surface area contributed by atoms with Crippen LogP contribution in [-0.4, -0.2) is 25.8 Å². The minimum atomic E-state index is -3.45. The van der Waals surface area contributed by atoms with Gasteiger partial charge >= 0.3 is 13.6 Å². The summed E-state index contributed by atoms with van der Waals surface area (Å²) in [6.45, 7) is 7.36. The smallest absolute Gasteiger partial charge is 0.354 e. The maximum atomic E-state index is 13.3. The molecule has 0 N–H and O–H groups in total. The van der Waals surface area contributed by atoms with Gasteiger partial charge in [0.15, 0.2) is 0 Å². The van der Waals surface area contributed by atoms with Gasteiger partial charge in [-0.15, -0.1) is 0 Å². The van der Waals surface area contributed by atoms with Gasteiger partial charge in [-0.1, -0.05) is 181 Å². The maximum Gasteiger partial charge on any atom is 0.354 e. The molecule has 256 valence electrons. The van der Waals surface area contributed by atoms with Crippen molar-refractivity contribution in [3.8, 4) is 0 Å². The Morgan fingerprint density at radius 2 is 0.744 bits per heavy atom. The summed E-state index contributed by atoms with van der Waals surface area (Å²) in [5.41, 5.74) is 0. The number of unbranched alkanes of at least 4 members (excludes halogenated alkanes) is 26. The Labute approximate surface area is 268 Å². The summed E-state index contributed by atoms with van der Waals surface area (Å²) in [7, 11) is -3.45. The molecule has 5 nitrogen and oxygen atoms in total. The monoisotopic (exact) mass is 629 g/mol. The maximum absolute atomic E-state index is 13.3. The zero-order valence-corrected chi connectivity index (χ0v) is 30.0. The summed E-state index contributed by atoms with van der Waals surface area (Å²) in [6, 6.07) is 0. The van der Waals surface area contributed by atoms with Crippen LogP contribution in [0.2, 0.25) is 0 Å². The largest absolute Gasteiger partial charge is 0.463 e. The molecule has 0 heterocycles. The van der Waals surface area contributed by atoms with Gasteiger partial charge in [0.25, 0.3) is 0 Å². The molecule has 0 rings (SSSR count). The molecule has 0 aromatic heterocycles. The fourth-order valence-electron chi connectivity index (χ4n) is 5.44. The lowest BCUT2D eigenvalue weighted by Gasteiger charge is -2.15. The highest BCUT2D eigenvalue weighted by Gasteiger charge is 2.21. The second-order valence-electron chi connectivity index (χ2n) is 12.5. The van der Waals surface area contributed by atoms with Crippen LogP contribution in [0.4, 0.5) is 0 Å². The number of esters is 1. The average Bonchev–Trinajstić information content (AvgIpc) is 3.00. The van der Waals surface area contributed by atoms with Crippen LogP contribution in [0.3, 0.4) is 0 Å². The Morgan fingerprint density at radius 1 is 0.465 bits per heavy atom. The van der Waals surface area contributed by atoms with E-state index in [1.807, 2.05) is 0 Å². The van der Waals surface area contributed by atoms with E-state index in [0.29, 0.717) is 13.2 Å². The van der Waals surface area contributed by atoms with E-state index in [0.717, 1.165) is 25.7 Å². The Hall–Kier alpha value is -0.640. The van der Waals surface area contributed by atoms with E-state index in [4.69, 9.17) is 13.8 Å². The third-order valence-electron chi connectivity index (χ3n) is 8.22. The molecular weight excluding hydrogens is 555 g/mol. The van der Waals surface area contributed by atoms with Crippen LogP contribution in [0.1, 0.15) is 201 Å². The summed E-state index contributed by atoms with van der Waals surface area (Å²) in [5, 5.41) is 0. The number of hydrogen-bond donors (Lipinski definition) is 0. The lowest BCUT2D eigenvalue weighted by Crippen LogP contribution is -2.01. The van der Waals surface area contributed by atoms with Gasteiger partial charge in [0.2, 0.25) is 0 Å². The van der Waals surface area contributed by atoms with E-state index in [2.05, 4.69) is 13.8 Å². The van der Waals surface area contributed by atoms with Crippen LogP contribution in [0.25, 0.3) is 0 Å². The van der Waals surface area contributed by atoms with Crippen molar-refractivity contribution in [3.63, 3.8) is 0 Å². The van der Waals surface area contributed by atoms with Crippen LogP contribution < -0.4 is 0 Å². The molecule has 6 heteroatoms. The van der Waals surface area contributed by atoms with Crippen LogP contribution in [0.15, 0.2) is 11.9 Å². The van der Waals surface area contributed by atoms with Crippen molar-refractivity contribution < 1.29 is 23.1 Å². The molecule has 0 aromatic rings. The number of rotatable bonds is 35. The highest BCUT2D eigenvalue weighted by atomic mass is 31.2. The standard InChI is InChI=1S/C37H73O5P/c1-4-7-9-11-13-15-17-19-21-23-25-27-29-31-34-41-43(39,36-33-37(38)40-6-3)42-35-32-30-28-26-24-22-20-18-16-14-12-10-8-5-2/h33,36H,4-32,34-35H2,1-3H3/b36-33+. The van der Waals surface area contributed by atoms with E-state index < -0.39 is 13.6 Å².